The van der Waals surface area contributed by atoms with E-state index in [9.17, 15) is 4.79 Å². The van der Waals surface area contributed by atoms with Crippen LogP contribution in [0, 0.1) is 0 Å². The Hall–Kier alpha value is -2.57. The van der Waals surface area contributed by atoms with Crippen LogP contribution in [0.25, 0.3) is 0 Å². The number of nitrogens with one attached hydrogen (secondary N) is 1. The molecule has 0 aromatic heterocycles. The zero-order chi connectivity index (χ0) is 21.3. The minimum Gasteiger partial charge on any atom is -0.497 e. The standard InChI is InChI=1S/C24H33N3O3/c1-19(2)20-4-6-21(7-5-20)25-24(28)18-27-14-12-26(13-15-27)16-17-30-23-10-8-22(29-3)9-11-23/h4-11,19H,12-18H2,1-3H3,(H,25,28). The lowest BCUT2D eigenvalue weighted by Crippen LogP contribution is -2.49. The van der Waals surface area contributed by atoms with Gasteiger partial charge < -0.3 is 14.8 Å². The van der Waals surface area contributed by atoms with Crippen molar-refractivity contribution >= 4 is 11.6 Å². The van der Waals surface area contributed by atoms with Gasteiger partial charge in [-0.05, 0) is 47.9 Å². The average molecular weight is 412 g/mol. The molecule has 0 saturated carbocycles. The first kappa shape index (κ1) is 22.1. The number of nitrogens with zero attached hydrogens (tertiary/aromatic N) is 2. The Morgan fingerprint density at radius 2 is 1.53 bits per heavy atom. The zero-order valence-electron chi connectivity index (χ0n) is 18.3. The number of amides is 1. The Bertz CT molecular complexity index is 782. The Balaban J connectivity index is 1.33. The molecule has 0 unspecified atom stereocenters. The number of rotatable bonds is 9. The van der Waals surface area contributed by atoms with Gasteiger partial charge in [0.2, 0.25) is 5.91 Å². The highest BCUT2D eigenvalue weighted by atomic mass is 16.5. The van der Waals surface area contributed by atoms with Crippen LogP contribution in [0.2, 0.25) is 0 Å². The van der Waals surface area contributed by atoms with Gasteiger partial charge in [-0.2, -0.15) is 0 Å². The molecule has 0 radical (unpaired) electrons. The minimum atomic E-state index is 0.0450. The molecular formula is C24H33N3O3. The van der Waals surface area contributed by atoms with Gasteiger partial charge in [0.1, 0.15) is 18.1 Å². The lowest BCUT2D eigenvalue weighted by atomic mass is 10.0. The van der Waals surface area contributed by atoms with Crippen LogP contribution in [-0.2, 0) is 4.79 Å². The van der Waals surface area contributed by atoms with Gasteiger partial charge in [0.25, 0.3) is 0 Å². The van der Waals surface area contributed by atoms with Crippen LogP contribution < -0.4 is 14.8 Å². The molecule has 1 aliphatic rings. The predicted molar refractivity (Wildman–Crippen MR) is 121 cm³/mol. The Kier molecular flexibility index (Phi) is 8.11. The van der Waals surface area contributed by atoms with Crippen LogP contribution in [0.15, 0.2) is 48.5 Å². The molecule has 3 rings (SSSR count). The third-order valence-electron chi connectivity index (χ3n) is 5.43. The first-order chi connectivity index (χ1) is 14.5. The molecular weight excluding hydrogens is 378 g/mol. The van der Waals surface area contributed by atoms with Gasteiger partial charge in [-0.25, -0.2) is 0 Å². The van der Waals surface area contributed by atoms with Gasteiger partial charge in [0.05, 0.1) is 13.7 Å². The van der Waals surface area contributed by atoms with Crippen molar-refractivity contribution in [3.05, 3.63) is 54.1 Å². The normalized spacial score (nSPS) is 15.2. The first-order valence-corrected chi connectivity index (χ1v) is 10.6. The number of carbonyl (C=O) groups excluding carboxylic acids is 1. The number of hydrogen-bond donors (Lipinski definition) is 1. The summed E-state index contributed by atoms with van der Waals surface area (Å²) in [6.45, 7) is 9.97. The summed E-state index contributed by atoms with van der Waals surface area (Å²) in [5.41, 5.74) is 2.14. The molecule has 0 aliphatic carbocycles. The molecule has 0 atom stereocenters. The van der Waals surface area contributed by atoms with Crippen molar-refractivity contribution < 1.29 is 14.3 Å². The van der Waals surface area contributed by atoms with E-state index in [0.29, 0.717) is 19.1 Å². The van der Waals surface area contributed by atoms with Gasteiger partial charge >= 0.3 is 0 Å². The maximum Gasteiger partial charge on any atom is 0.238 e. The number of ether oxygens (including phenoxy) is 2. The van der Waals surface area contributed by atoms with Crippen LogP contribution in [0.3, 0.4) is 0 Å². The third kappa shape index (κ3) is 6.75. The molecule has 0 spiro atoms. The molecule has 6 nitrogen and oxygen atoms in total. The summed E-state index contributed by atoms with van der Waals surface area (Å²) >= 11 is 0. The second-order valence-corrected chi connectivity index (χ2v) is 7.97. The summed E-state index contributed by atoms with van der Waals surface area (Å²) < 4.78 is 11.0. The number of anilines is 1. The van der Waals surface area contributed by atoms with Crippen molar-refractivity contribution in [1.29, 1.82) is 0 Å². The van der Waals surface area contributed by atoms with Gasteiger partial charge in [0, 0.05) is 38.4 Å². The molecule has 1 saturated heterocycles. The lowest BCUT2D eigenvalue weighted by molar-refractivity contribution is -0.117. The van der Waals surface area contributed by atoms with E-state index in [0.717, 1.165) is 49.9 Å². The molecule has 1 amide bonds. The van der Waals surface area contributed by atoms with Crippen molar-refractivity contribution in [2.24, 2.45) is 0 Å². The topological polar surface area (TPSA) is 54.0 Å². The molecule has 162 valence electrons. The van der Waals surface area contributed by atoms with Crippen molar-refractivity contribution in [2.45, 2.75) is 19.8 Å². The van der Waals surface area contributed by atoms with Crippen LogP contribution in [0.4, 0.5) is 5.69 Å². The fourth-order valence-corrected chi connectivity index (χ4v) is 3.49. The van der Waals surface area contributed by atoms with E-state index in [1.54, 1.807) is 7.11 Å². The summed E-state index contributed by atoms with van der Waals surface area (Å²) in [5, 5.41) is 3.00. The Morgan fingerprint density at radius 3 is 2.13 bits per heavy atom. The smallest absolute Gasteiger partial charge is 0.238 e. The number of carbonyl (C=O) groups is 1. The molecule has 1 N–H and O–H groups in total. The lowest BCUT2D eigenvalue weighted by Gasteiger charge is -2.34. The van der Waals surface area contributed by atoms with Crippen molar-refractivity contribution in [3.8, 4) is 11.5 Å². The van der Waals surface area contributed by atoms with Crippen LogP contribution in [0.1, 0.15) is 25.3 Å². The van der Waals surface area contributed by atoms with Crippen molar-refractivity contribution in [2.75, 3.05) is 58.3 Å². The predicted octanol–water partition coefficient (Wildman–Crippen LogP) is 3.45. The molecule has 2 aromatic carbocycles. The molecule has 1 aliphatic heterocycles. The highest BCUT2D eigenvalue weighted by Crippen LogP contribution is 2.18. The van der Waals surface area contributed by atoms with Gasteiger partial charge in [-0.15, -0.1) is 0 Å². The maximum absolute atomic E-state index is 12.4. The second-order valence-electron chi connectivity index (χ2n) is 7.97. The van der Waals surface area contributed by atoms with Crippen LogP contribution in [-0.4, -0.2) is 68.7 Å². The highest BCUT2D eigenvalue weighted by molar-refractivity contribution is 5.92. The summed E-state index contributed by atoms with van der Waals surface area (Å²) in [7, 11) is 1.66. The molecule has 1 heterocycles. The first-order valence-electron chi connectivity index (χ1n) is 10.6. The SMILES string of the molecule is COc1ccc(OCCN2CCN(CC(=O)Nc3ccc(C(C)C)cc3)CC2)cc1. The summed E-state index contributed by atoms with van der Waals surface area (Å²) in [6, 6.07) is 15.8. The van der Waals surface area contributed by atoms with E-state index in [1.807, 2.05) is 36.4 Å². The second kappa shape index (κ2) is 11.0. The fourth-order valence-electron chi connectivity index (χ4n) is 3.49. The third-order valence-corrected chi connectivity index (χ3v) is 5.43. The van der Waals surface area contributed by atoms with E-state index < -0.39 is 0 Å². The fraction of sp³-hybridized carbons (Fsp3) is 0.458. The summed E-state index contributed by atoms with van der Waals surface area (Å²) in [6.07, 6.45) is 0. The van der Waals surface area contributed by atoms with Gasteiger partial charge in [0.15, 0.2) is 0 Å². The van der Waals surface area contributed by atoms with Gasteiger partial charge in [-0.1, -0.05) is 26.0 Å². The summed E-state index contributed by atoms with van der Waals surface area (Å²) in [5.74, 6) is 2.22. The highest BCUT2D eigenvalue weighted by Gasteiger charge is 2.19. The molecule has 1 fully saturated rings. The zero-order valence-corrected chi connectivity index (χ0v) is 18.3. The van der Waals surface area contributed by atoms with E-state index in [4.69, 9.17) is 9.47 Å². The number of hydrogen-bond acceptors (Lipinski definition) is 5. The van der Waals surface area contributed by atoms with Crippen LogP contribution >= 0.6 is 0 Å². The van der Waals surface area contributed by atoms with E-state index >= 15 is 0 Å². The molecule has 30 heavy (non-hydrogen) atoms. The van der Waals surface area contributed by atoms with Crippen molar-refractivity contribution in [3.63, 3.8) is 0 Å². The summed E-state index contributed by atoms with van der Waals surface area (Å²) in [4.78, 5) is 16.9. The van der Waals surface area contributed by atoms with E-state index in [2.05, 4.69) is 41.1 Å². The van der Waals surface area contributed by atoms with E-state index in [1.165, 1.54) is 5.56 Å². The number of piperazine rings is 1. The Morgan fingerprint density at radius 1 is 0.933 bits per heavy atom. The number of benzene rings is 2. The maximum atomic E-state index is 12.4. The quantitative estimate of drug-likeness (QED) is 0.685. The van der Waals surface area contributed by atoms with E-state index in [-0.39, 0.29) is 5.91 Å². The van der Waals surface area contributed by atoms with Gasteiger partial charge in [-0.3, -0.25) is 14.6 Å². The molecule has 2 aromatic rings. The minimum absolute atomic E-state index is 0.0450. The largest absolute Gasteiger partial charge is 0.497 e. The molecule has 6 heteroatoms. The Labute approximate surface area is 179 Å². The average Bonchev–Trinajstić information content (AvgIpc) is 2.76. The molecule has 0 bridgehead atoms. The number of methoxy groups -OCH3 is 1. The monoisotopic (exact) mass is 411 g/mol. The van der Waals surface area contributed by atoms with Crippen LogP contribution in [0.5, 0.6) is 11.5 Å². The van der Waals surface area contributed by atoms with Crippen molar-refractivity contribution in [1.82, 2.24) is 9.80 Å².